The van der Waals surface area contributed by atoms with E-state index in [1.165, 1.54) is 32.1 Å². The van der Waals surface area contributed by atoms with Crippen LogP contribution in [0.3, 0.4) is 0 Å². The molecule has 1 saturated carbocycles. The third kappa shape index (κ3) is 3.92. The minimum atomic E-state index is -2.85. The van der Waals surface area contributed by atoms with Crippen LogP contribution in [0.5, 0.6) is 0 Å². The van der Waals surface area contributed by atoms with Crippen molar-refractivity contribution in [3.8, 4) is 0 Å². The number of rotatable bonds is 4. The summed E-state index contributed by atoms with van der Waals surface area (Å²) in [7, 11) is -2.85. The number of hydrogen-bond acceptors (Lipinski definition) is 4. The fourth-order valence-corrected chi connectivity index (χ4v) is 4.16. The maximum absolute atomic E-state index is 11.7. The van der Waals surface area contributed by atoms with Crippen molar-refractivity contribution in [1.29, 1.82) is 0 Å². The minimum absolute atomic E-state index is 0.263. The van der Waals surface area contributed by atoms with Crippen LogP contribution in [0.1, 0.15) is 46.0 Å². The fourth-order valence-electron chi connectivity index (χ4n) is 3.36. The van der Waals surface area contributed by atoms with Crippen molar-refractivity contribution in [2.75, 3.05) is 31.1 Å². The summed E-state index contributed by atoms with van der Waals surface area (Å²) in [5.41, 5.74) is 0.265. The topological polar surface area (TPSA) is 49.4 Å². The molecular formula is C14H28N2O2S. The average molecular weight is 288 g/mol. The van der Waals surface area contributed by atoms with E-state index in [2.05, 4.69) is 17.1 Å². The van der Waals surface area contributed by atoms with Gasteiger partial charge >= 0.3 is 0 Å². The summed E-state index contributed by atoms with van der Waals surface area (Å²) in [4.78, 5) is 2.38. The van der Waals surface area contributed by atoms with Crippen LogP contribution in [0.25, 0.3) is 0 Å². The molecule has 1 aliphatic carbocycles. The first-order valence-corrected chi connectivity index (χ1v) is 9.48. The first kappa shape index (κ1) is 15.3. The predicted molar refractivity (Wildman–Crippen MR) is 79.2 cm³/mol. The smallest absolute Gasteiger partial charge is 0.151 e. The normalized spacial score (nSPS) is 28.6. The molecule has 0 amide bonds. The van der Waals surface area contributed by atoms with Gasteiger partial charge in [0.1, 0.15) is 0 Å². The lowest BCUT2D eigenvalue weighted by Crippen LogP contribution is -2.64. The Hall–Kier alpha value is -0.130. The second-order valence-electron chi connectivity index (χ2n) is 6.28. The quantitative estimate of drug-likeness (QED) is 0.850. The Labute approximate surface area is 117 Å². The van der Waals surface area contributed by atoms with Crippen molar-refractivity contribution < 1.29 is 8.42 Å². The van der Waals surface area contributed by atoms with E-state index in [0.717, 1.165) is 13.1 Å². The standard InChI is InChI=1S/C14H28N2O2S/c1-3-19(17,18)10-9-16-12-14(15-11-13(16)2)7-5-4-6-8-14/h13,15H,3-12H2,1-2H3. The highest BCUT2D eigenvalue weighted by Crippen LogP contribution is 2.31. The third-order valence-corrected chi connectivity index (χ3v) is 6.53. The Kier molecular flexibility index (Phi) is 4.90. The lowest BCUT2D eigenvalue weighted by Gasteiger charge is -2.49. The highest BCUT2D eigenvalue weighted by molar-refractivity contribution is 7.91. The molecule has 2 rings (SSSR count). The molecule has 1 heterocycles. The van der Waals surface area contributed by atoms with Crippen LogP contribution in [0, 0.1) is 0 Å². The van der Waals surface area contributed by atoms with Crippen molar-refractivity contribution in [3.63, 3.8) is 0 Å². The molecule has 1 aliphatic heterocycles. The van der Waals surface area contributed by atoms with Crippen molar-refractivity contribution in [2.45, 2.75) is 57.5 Å². The van der Waals surface area contributed by atoms with Gasteiger partial charge in [-0.3, -0.25) is 4.90 Å². The van der Waals surface area contributed by atoms with E-state index in [-0.39, 0.29) is 11.3 Å². The van der Waals surface area contributed by atoms with Gasteiger partial charge in [0.2, 0.25) is 0 Å². The summed E-state index contributed by atoms with van der Waals surface area (Å²) < 4.78 is 23.3. The van der Waals surface area contributed by atoms with Gasteiger partial charge in [0.25, 0.3) is 0 Å². The summed E-state index contributed by atoms with van der Waals surface area (Å²) in [6.07, 6.45) is 6.46. The van der Waals surface area contributed by atoms with E-state index < -0.39 is 9.84 Å². The molecule has 0 radical (unpaired) electrons. The summed E-state index contributed by atoms with van der Waals surface area (Å²) in [6.45, 7) is 6.64. The highest BCUT2D eigenvalue weighted by Gasteiger charge is 2.38. The van der Waals surface area contributed by atoms with E-state index in [1.54, 1.807) is 6.92 Å². The maximum Gasteiger partial charge on any atom is 0.151 e. The number of nitrogens with zero attached hydrogens (tertiary/aromatic N) is 1. The summed E-state index contributed by atoms with van der Waals surface area (Å²) in [5.74, 6) is 0.572. The van der Waals surface area contributed by atoms with Crippen molar-refractivity contribution >= 4 is 9.84 Å². The second-order valence-corrected chi connectivity index (χ2v) is 8.75. The first-order valence-electron chi connectivity index (χ1n) is 7.66. The molecule has 0 aromatic carbocycles. The van der Waals surface area contributed by atoms with Crippen LogP contribution in [0.15, 0.2) is 0 Å². The molecular weight excluding hydrogens is 260 g/mol. The Morgan fingerprint density at radius 3 is 2.58 bits per heavy atom. The lowest BCUT2D eigenvalue weighted by molar-refractivity contribution is 0.0676. The monoisotopic (exact) mass is 288 g/mol. The van der Waals surface area contributed by atoms with E-state index in [9.17, 15) is 8.42 Å². The summed E-state index contributed by atoms with van der Waals surface area (Å²) in [6, 6.07) is 0.444. The molecule has 0 aromatic heterocycles. The number of hydrogen-bond donors (Lipinski definition) is 1. The molecule has 0 aromatic rings. The predicted octanol–water partition coefficient (Wildman–Crippen LogP) is 1.42. The Bertz CT molecular complexity index is 388. The molecule has 4 nitrogen and oxygen atoms in total. The van der Waals surface area contributed by atoms with Crippen molar-refractivity contribution in [2.24, 2.45) is 0 Å². The van der Waals surface area contributed by atoms with Crippen molar-refractivity contribution in [1.82, 2.24) is 10.2 Å². The Balaban J connectivity index is 1.94. The molecule has 1 spiro atoms. The zero-order chi connectivity index (χ0) is 13.9. The van der Waals surface area contributed by atoms with Crippen LogP contribution in [0.2, 0.25) is 0 Å². The van der Waals surface area contributed by atoms with Crippen LogP contribution in [-0.2, 0) is 9.84 Å². The molecule has 2 aliphatic rings. The van der Waals surface area contributed by atoms with Crippen LogP contribution >= 0.6 is 0 Å². The van der Waals surface area contributed by atoms with Crippen LogP contribution in [0.4, 0.5) is 0 Å². The van der Waals surface area contributed by atoms with Gasteiger partial charge in [-0.05, 0) is 19.8 Å². The molecule has 1 unspecified atom stereocenters. The largest absolute Gasteiger partial charge is 0.308 e. The number of sulfone groups is 1. The van der Waals surface area contributed by atoms with E-state index in [4.69, 9.17) is 0 Å². The molecule has 19 heavy (non-hydrogen) atoms. The summed E-state index contributed by atoms with van der Waals surface area (Å²) in [5, 5.41) is 3.73. The highest BCUT2D eigenvalue weighted by atomic mass is 32.2. The first-order chi connectivity index (χ1) is 8.96. The molecule has 0 bridgehead atoms. The molecule has 1 N–H and O–H groups in total. The third-order valence-electron chi connectivity index (χ3n) is 4.84. The van der Waals surface area contributed by atoms with Gasteiger partial charge in [0.05, 0.1) is 5.75 Å². The zero-order valence-electron chi connectivity index (χ0n) is 12.3. The molecule has 1 atom stereocenters. The molecule has 2 fully saturated rings. The van der Waals surface area contributed by atoms with Gasteiger partial charge in [0, 0.05) is 37.0 Å². The maximum atomic E-state index is 11.7. The van der Waals surface area contributed by atoms with Gasteiger partial charge in [0.15, 0.2) is 9.84 Å². The van der Waals surface area contributed by atoms with Crippen LogP contribution in [-0.4, -0.2) is 56.0 Å². The fraction of sp³-hybridized carbons (Fsp3) is 1.00. The number of piperazine rings is 1. The Morgan fingerprint density at radius 2 is 1.95 bits per heavy atom. The van der Waals surface area contributed by atoms with Crippen LogP contribution < -0.4 is 5.32 Å². The average Bonchev–Trinajstić information content (AvgIpc) is 2.41. The molecule has 5 heteroatoms. The van der Waals surface area contributed by atoms with Gasteiger partial charge in [-0.25, -0.2) is 8.42 Å². The number of nitrogens with one attached hydrogen (secondary N) is 1. The minimum Gasteiger partial charge on any atom is -0.308 e. The molecule has 112 valence electrons. The molecule has 1 saturated heterocycles. The zero-order valence-corrected chi connectivity index (χ0v) is 13.1. The second kappa shape index (κ2) is 6.10. The Morgan fingerprint density at radius 1 is 1.26 bits per heavy atom. The van der Waals surface area contributed by atoms with Gasteiger partial charge in [-0.2, -0.15) is 0 Å². The van der Waals surface area contributed by atoms with Crippen molar-refractivity contribution in [3.05, 3.63) is 0 Å². The van der Waals surface area contributed by atoms with Gasteiger partial charge < -0.3 is 5.32 Å². The van der Waals surface area contributed by atoms with Gasteiger partial charge in [-0.1, -0.05) is 26.2 Å². The van der Waals surface area contributed by atoms with E-state index >= 15 is 0 Å². The lowest BCUT2D eigenvalue weighted by atomic mass is 9.79. The van der Waals surface area contributed by atoms with E-state index in [1.807, 2.05) is 0 Å². The van der Waals surface area contributed by atoms with Gasteiger partial charge in [-0.15, -0.1) is 0 Å². The summed E-state index contributed by atoms with van der Waals surface area (Å²) >= 11 is 0. The SMILES string of the molecule is CCS(=O)(=O)CCN1CC2(CCCCC2)NCC1C. The van der Waals surface area contributed by atoms with E-state index in [0.29, 0.717) is 18.3 Å².